The molecule has 1 aliphatic carbocycles. The maximum Gasteiger partial charge on any atom is 0.307 e. The largest absolute Gasteiger partial charge is 0.481 e. The van der Waals surface area contributed by atoms with Gasteiger partial charge in [-0.25, -0.2) is 0 Å². The molecule has 0 radical (unpaired) electrons. The van der Waals surface area contributed by atoms with Gasteiger partial charge in [-0.05, 0) is 55.7 Å². The Bertz CT molecular complexity index is 1120. The van der Waals surface area contributed by atoms with Crippen molar-refractivity contribution in [2.45, 2.75) is 32.6 Å². The van der Waals surface area contributed by atoms with Gasteiger partial charge in [-0.15, -0.1) is 0 Å². The van der Waals surface area contributed by atoms with Crippen LogP contribution in [-0.2, 0) is 14.3 Å². The molecular formula is C26H30ClN3O5. The predicted octanol–water partition coefficient (Wildman–Crippen LogP) is 4.57. The lowest BCUT2D eigenvalue weighted by Gasteiger charge is -2.31. The molecule has 0 unspecified atom stereocenters. The van der Waals surface area contributed by atoms with Crippen molar-refractivity contribution in [3.63, 3.8) is 0 Å². The summed E-state index contributed by atoms with van der Waals surface area (Å²) < 4.78 is 5.46. The average Bonchev–Trinajstić information content (AvgIpc) is 2.86. The topological polar surface area (TPSA) is 108 Å². The second-order valence-electron chi connectivity index (χ2n) is 9.07. The summed E-state index contributed by atoms with van der Waals surface area (Å²) in [5.74, 6) is -2.87. The van der Waals surface area contributed by atoms with Gasteiger partial charge in [0.2, 0.25) is 5.91 Å². The standard InChI is InChI=1S/C26H30ClN3O5/c1-16-6-7-17(27)14-22(16)29-25(32)21-15-18(8-9-23(21)30-10-12-35-13-11-30)28-24(31)19-4-2-3-5-20(19)26(33)34/h6-9,14-15,19-20H,2-5,10-13H2,1H3,(H,28,31)(H,29,32)(H,33,34)/t19-,20-/m0/s1. The van der Waals surface area contributed by atoms with Gasteiger partial charge >= 0.3 is 5.97 Å². The Hall–Kier alpha value is -3.10. The fourth-order valence-electron chi connectivity index (χ4n) is 4.77. The average molecular weight is 500 g/mol. The summed E-state index contributed by atoms with van der Waals surface area (Å²) in [5, 5.41) is 15.9. The van der Waals surface area contributed by atoms with Crippen LogP contribution in [0.4, 0.5) is 17.1 Å². The highest BCUT2D eigenvalue weighted by molar-refractivity contribution is 6.31. The Morgan fingerprint density at radius 1 is 1.00 bits per heavy atom. The molecule has 2 atom stereocenters. The molecule has 1 saturated heterocycles. The molecule has 4 rings (SSSR count). The Balaban J connectivity index is 1.61. The number of carbonyl (C=O) groups excluding carboxylic acids is 2. The third kappa shape index (κ3) is 5.94. The van der Waals surface area contributed by atoms with Crippen LogP contribution in [0.5, 0.6) is 0 Å². The van der Waals surface area contributed by atoms with E-state index in [1.807, 2.05) is 19.1 Å². The molecule has 2 aromatic rings. The minimum absolute atomic E-state index is 0.325. The smallest absolute Gasteiger partial charge is 0.307 e. The SMILES string of the molecule is Cc1ccc(Cl)cc1NC(=O)c1cc(NC(=O)[C@H]2CCCC[C@@H]2C(=O)O)ccc1N1CCOCC1. The quantitative estimate of drug-likeness (QED) is 0.537. The van der Waals surface area contributed by atoms with Crippen LogP contribution in [0, 0.1) is 18.8 Å². The van der Waals surface area contributed by atoms with Crippen molar-refractivity contribution in [2.75, 3.05) is 41.8 Å². The van der Waals surface area contributed by atoms with Crippen molar-refractivity contribution in [3.8, 4) is 0 Å². The zero-order valence-corrected chi connectivity index (χ0v) is 20.4. The van der Waals surface area contributed by atoms with E-state index in [1.165, 1.54) is 0 Å². The number of ether oxygens (including phenoxy) is 1. The molecule has 2 aromatic carbocycles. The molecule has 0 aromatic heterocycles. The van der Waals surface area contributed by atoms with Gasteiger partial charge < -0.3 is 25.4 Å². The van der Waals surface area contributed by atoms with Gasteiger partial charge in [0, 0.05) is 35.2 Å². The summed E-state index contributed by atoms with van der Waals surface area (Å²) in [5.41, 5.74) is 3.08. The lowest BCUT2D eigenvalue weighted by Crippen LogP contribution is -2.37. The second-order valence-corrected chi connectivity index (χ2v) is 9.51. The van der Waals surface area contributed by atoms with Gasteiger partial charge in [0.05, 0.1) is 30.6 Å². The van der Waals surface area contributed by atoms with E-state index in [4.69, 9.17) is 16.3 Å². The molecule has 186 valence electrons. The highest BCUT2D eigenvalue weighted by atomic mass is 35.5. The minimum Gasteiger partial charge on any atom is -0.481 e. The minimum atomic E-state index is -0.940. The Morgan fingerprint density at radius 3 is 2.43 bits per heavy atom. The number of carboxylic acid groups (broad SMARTS) is 1. The first-order valence-electron chi connectivity index (χ1n) is 11.9. The summed E-state index contributed by atoms with van der Waals surface area (Å²) in [6, 6.07) is 10.5. The van der Waals surface area contributed by atoms with Gasteiger partial charge in [-0.2, -0.15) is 0 Å². The van der Waals surface area contributed by atoms with Gasteiger partial charge in [0.25, 0.3) is 5.91 Å². The number of amides is 2. The number of rotatable bonds is 6. The van der Waals surface area contributed by atoms with Gasteiger partial charge in [-0.3, -0.25) is 14.4 Å². The number of carboxylic acids is 1. The molecule has 35 heavy (non-hydrogen) atoms. The van der Waals surface area contributed by atoms with Gasteiger partial charge in [0.15, 0.2) is 0 Å². The number of hydrogen-bond donors (Lipinski definition) is 3. The fourth-order valence-corrected chi connectivity index (χ4v) is 4.94. The fraction of sp³-hybridized carbons (Fsp3) is 0.423. The summed E-state index contributed by atoms with van der Waals surface area (Å²) in [7, 11) is 0. The lowest BCUT2D eigenvalue weighted by atomic mass is 9.78. The molecule has 0 spiro atoms. The number of halogens is 1. The third-order valence-electron chi connectivity index (χ3n) is 6.73. The van der Waals surface area contributed by atoms with E-state index in [-0.39, 0.29) is 11.8 Å². The van der Waals surface area contributed by atoms with E-state index in [1.54, 1.807) is 24.3 Å². The molecule has 2 fully saturated rings. The van der Waals surface area contributed by atoms with Crippen molar-refractivity contribution in [1.29, 1.82) is 0 Å². The maximum atomic E-state index is 13.4. The third-order valence-corrected chi connectivity index (χ3v) is 6.96. The first-order valence-corrected chi connectivity index (χ1v) is 12.3. The Labute approximate surface area is 209 Å². The Kier molecular flexibility index (Phi) is 7.93. The first kappa shape index (κ1) is 25.0. The van der Waals surface area contributed by atoms with Crippen LogP contribution in [-0.4, -0.2) is 49.2 Å². The molecule has 1 saturated carbocycles. The maximum absolute atomic E-state index is 13.4. The number of aliphatic carboxylic acids is 1. The molecular weight excluding hydrogens is 470 g/mol. The number of anilines is 3. The van der Waals surface area contributed by atoms with Crippen LogP contribution in [0.2, 0.25) is 5.02 Å². The summed E-state index contributed by atoms with van der Waals surface area (Å²) >= 11 is 6.13. The Morgan fingerprint density at radius 2 is 1.71 bits per heavy atom. The highest BCUT2D eigenvalue weighted by Gasteiger charge is 2.35. The number of nitrogens with zero attached hydrogens (tertiary/aromatic N) is 1. The van der Waals surface area contributed by atoms with Crippen molar-refractivity contribution in [3.05, 3.63) is 52.5 Å². The van der Waals surface area contributed by atoms with Gasteiger partial charge in [0.1, 0.15) is 0 Å². The molecule has 0 bridgehead atoms. The zero-order chi connectivity index (χ0) is 24.9. The zero-order valence-electron chi connectivity index (χ0n) is 19.7. The summed E-state index contributed by atoms with van der Waals surface area (Å²) in [4.78, 5) is 40.2. The van der Waals surface area contributed by atoms with Crippen LogP contribution < -0.4 is 15.5 Å². The van der Waals surface area contributed by atoms with Crippen molar-refractivity contribution in [2.24, 2.45) is 11.8 Å². The van der Waals surface area contributed by atoms with Crippen LogP contribution in [0.3, 0.4) is 0 Å². The van der Waals surface area contributed by atoms with Crippen LogP contribution in [0.1, 0.15) is 41.6 Å². The van der Waals surface area contributed by atoms with Crippen molar-refractivity contribution >= 4 is 46.4 Å². The van der Waals surface area contributed by atoms with E-state index in [9.17, 15) is 19.5 Å². The molecule has 2 aliphatic rings. The van der Waals surface area contributed by atoms with E-state index >= 15 is 0 Å². The van der Waals surface area contributed by atoms with Crippen molar-refractivity contribution in [1.82, 2.24) is 0 Å². The number of hydrogen-bond acceptors (Lipinski definition) is 5. The van der Waals surface area contributed by atoms with Crippen LogP contribution >= 0.6 is 11.6 Å². The molecule has 2 amide bonds. The first-order chi connectivity index (χ1) is 16.8. The van der Waals surface area contributed by atoms with E-state index in [2.05, 4.69) is 15.5 Å². The van der Waals surface area contributed by atoms with E-state index in [0.717, 1.165) is 24.1 Å². The summed E-state index contributed by atoms with van der Waals surface area (Å²) in [6.45, 7) is 4.29. The highest BCUT2D eigenvalue weighted by Crippen LogP contribution is 2.32. The van der Waals surface area contributed by atoms with Gasteiger partial charge in [-0.1, -0.05) is 30.5 Å². The molecule has 1 aliphatic heterocycles. The number of morpholine rings is 1. The second kappa shape index (κ2) is 11.1. The van der Waals surface area contributed by atoms with Crippen LogP contribution in [0.15, 0.2) is 36.4 Å². The number of nitrogens with one attached hydrogen (secondary N) is 2. The van der Waals surface area contributed by atoms with Crippen LogP contribution in [0.25, 0.3) is 0 Å². The normalized spacial score (nSPS) is 20.2. The monoisotopic (exact) mass is 499 g/mol. The molecule has 3 N–H and O–H groups in total. The molecule has 8 nitrogen and oxygen atoms in total. The lowest BCUT2D eigenvalue weighted by molar-refractivity contribution is -0.147. The molecule has 1 heterocycles. The van der Waals surface area contributed by atoms with E-state index < -0.39 is 17.8 Å². The number of benzene rings is 2. The van der Waals surface area contributed by atoms with Crippen molar-refractivity contribution < 1.29 is 24.2 Å². The predicted molar refractivity (Wildman–Crippen MR) is 135 cm³/mol. The number of carbonyl (C=O) groups is 3. The summed E-state index contributed by atoms with van der Waals surface area (Å²) in [6.07, 6.45) is 2.67. The molecule has 9 heteroatoms. The number of aryl methyl sites for hydroxylation is 1. The van der Waals surface area contributed by atoms with E-state index in [0.29, 0.717) is 61.1 Å².